The van der Waals surface area contributed by atoms with Crippen LogP contribution in [-0.2, 0) is 17.8 Å². The van der Waals surface area contributed by atoms with E-state index in [1.807, 2.05) is 36.4 Å². The average molecular weight is 379 g/mol. The molecule has 0 saturated carbocycles. The van der Waals surface area contributed by atoms with Crippen LogP contribution >= 0.6 is 11.3 Å². The topological polar surface area (TPSA) is 75.4 Å². The second-order valence-electron chi connectivity index (χ2n) is 6.11. The van der Waals surface area contributed by atoms with Gasteiger partial charge in [-0.1, -0.05) is 41.7 Å². The van der Waals surface area contributed by atoms with Crippen molar-refractivity contribution in [3.63, 3.8) is 0 Å². The summed E-state index contributed by atoms with van der Waals surface area (Å²) in [5.41, 5.74) is 2.38. The fourth-order valence-corrected chi connectivity index (χ4v) is 3.86. The first-order valence-corrected chi connectivity index (χ1v) is 9.35. The number of rotatable bonds is 4. The number of anilines is 1. The van der Waals surface area contributed by atoms with Crippen LogP contribution in [0.3, 0.4) is 0 Å². The van der Waals surface area contributed by atoms with E-state index in [1.165, 1.54) is 23.9 Å². The summed E-state index contributed by atoms with van der Waals surface area (Å²) < 4.78 is 4.92. The first-order chi connectivity index (χ1) is 13.2. The van der Waals surface area contributed by atoms with Gasteiger partial charge in [0.15, 0.2) is 5.13 Å². The largest absolute Gasteiger partial charge is 0.472 e. The number of amides is 2. The van der Waals surface area contributed by atoms with E-state index in [0.29, 0.717) is 30.2 Å². The van der Waals surface area contributed by atoms with Crippen molar-refractivity contribution >= 4 is 34.4 Å². The lowest BCUT2D eigenvalue weighted by atomic mass is 10.1. The van der Waals surface area contributed by atoms with Gasteiger partial charge in [0.05, 0.1) is 24.1 Å². The molecule has 2 amide bonds. The Bertz CT molecular complexity index is 977. The van der Waals surface area contributed by atoms with Crippen LogP contribution in [0.5, 0.6) is 0 Å². The molecule has 7 heteroatoms. The minimum atomic E-state index is -0.256. The van der Waals surface area contributed by atoms with Crippen LogP contribution in [0.15, 0.2) is 59.4 Å². The number of nitrogens with zero attached hydrogens (tertiary/aromatic N) is 2. The van der Waals surface area contributed by atoms with Gasteiger partial charge in [0, 0.05) is 23.9 Å². The molecule has 1 aliphatic rings. The second-order valence-corrected chi connectivity index (χ2v) is 7.19. The Kier molecular flexibility index (Phi) is 4.84. The van der Waals surface area contributed by atoms with Crippen molar-refractivity contribution in [1.29, 1.82) is 0 Å². The maximum absolute atomic E-state index is 12.5. The molecule has 0 spiro atoms. The highest BCUT2D eigenvalue weighted by Crippen LogP contribution is 2.28. The van der Waals surface area contributed by atoms with Crippen molar-refractivity contribution in [3.05, 3.63) is 76.7 Å². The number of hydrogen-bond donors (Lipinski definition) is 1. The van der Waals surface area contributed by atoms with Gasteiger partial charge in [-0.05, 0) is 17.7 Å². The maximum atomic E-state index is 12.5. The van der Waals surface area contributed by atoms with Crippen molar-refractivity contribution in [2.45, 2.75) is 13.0 Å². The molecule has 1 N–H and O–H groups in total. The summed E-state index contributed by atoms with van der Waals surface area (Å²) in [6.07, 6.45) is 6.94. The normalized spacial score (nSPS) is 13.6. The predicted octanol–water partition coefficient (Wildman–Crippen LogP) is 3.59. The van der Waals surface area contributed by atoms with Crippen molar-refractivity contribution in [3.8, 4) is 0 Å². The fraction of sp³-hybridized carbons (Fsp3) is 0.150. The number of aromatic nitrogens is 1. The number of furan rings is 1. The van der Waals surface area contributed by atoms with Crippen LogP contribution in [0.2, 0.25) is 0 Å². The number of hydrogen-bond acceptors (Lipinski definition) is 5. The highest BCUT2D eigenvalue weighted by molar-refractivity contribution is 7.15. The molecule has 136 valence electrons. The molecule has 3 heterocycles. The molecular weight excluding hydrogens is 362 g/mol. The Morgan fingerprint density at radius 3 is 2.85 bits per heavy atom. The standard InChI is InChI=1S/C20H17N3O3S/c24-18(7-6-14-4-2-1-3-5-14)23-10-8-16-17(12-23)27-20(21-16)22-19(25)15-9-11-26-13-15/h1-7,9,11,13H,8,10,12H2,(H,21,22,25)/b7-6+. The van der Waals surface area contributed by atoms with Crippen molar-refractivity contribution in [2.75, 3.05) is 11.9 Å². The number of benzene rings is 1. The molecule has 4 rings (SSSR count). The highest BCUT2D eigenvalue weighted by atomic mass is 32.1. The van der Waals surface area contributed by atoms with E-state index in [2.05, 4.69) is 10.3 Å². The van der Waals surface area contributed by atoms with Gasteiger partial charge >= 0.3 is 0 Å². The zero-order chi connectivity index (χ0) is 18.6. The molecule has 0 unspecified atom stereocenters. The summed E-state index contributed by atoms with van der Waals surface area (Å²) in [5, 5.41) is 3.33. The third-order valence-corrected chi connectivity index (χ3v) is 5.26. The van der Waals surface area contributed by atoms with Crippen LogP contribution in [-0.4, -0.2) is 28.2 Å². The molecule has 1 aliphatic heterocycles. The SMILES string of the molecule is O=C(Nc1nc2c(s1)CN(C(=O)/C=C/c1ccccc1)CC2)c1ccoc1. The Hall–Kier alpha value is -3.19. The predicted molar refractivity (Wildman–Crippen MR) is 103 cm³/mol. The monoisotopic (exact) mass is 379 g/mol. The Balaban J connectivity index is 1.41. The molecule has 6 nitrogen and oxygen atoms in total. The van der Waals surface area contributed by atoms with Gasteiger partial charge in [-0.15, -0.1) is 0 Å². The zero-order valence-electron chi connectivity index (χ0n) is 14.4. The number of fused-ring (bicyclic) bond motifs is 1. The third kappa shape index (κ3) is 3.98. The molecular formula is C20H17N3O3S. The van der Waals surface area contributed by atoms with E-state index in [9.17, 15) is 9.59 Å². The maximum Gasteiger partial charge on any atom is 0.260 e. The summed E-state index contributed by atoms with van der Waals surface area (Å²) in [4.78, 5) is 31.9. The van der Waals surface area contributed by atoms with Crippen LogP contribution in [0.1, 0.15) is 26.5 Å². The molecule has 0 aliphatic carbocycles. The van der Waals surface area contributed by atoms with Gasteiger partial charge in [-0.3, -0.25) is 14.9 Å². The molecule has 0 atom stereocenters. The first-order valence-electron chi connectivity index (χ1n) is 8.53. The lowest BCUT2D eigenvalue weighted by Gasteiger charge is -2.24. The number of nitrogens with one attached hydrogen (secondary N) is 1. The number of thiazole rings is 1. The van der Waals surface area contributed by atoms with Crippen LogP contribution in [0, 0.1) is 0 Å². The lowest BCUT2D eigenvalue weighted by Crippen LogP contribution is -2.34. The molecule has 27 heavy (non-hydrogen) atoms. The molecule has 2 aromatic heterocycles. The van der Waals surface area contributed by atoms with E-state index < -0.39 is 0 Å². The number of carbonyl (C=O) groups is 2. The molecule has 3 aromatic rings. The smallest absolute Gasteiger partial charge is 0.260 e. The highest BCUT2D eigenvalue weighted by Gasteiger charge is 2.23. The Morgan fingerprint density at radius 2 is 2.07 bits per heavy atom. The van der Waals surface area contributed by atoms with Gasteiger partial charge in [-0.25, -0.2) is 4.98 Å². The Morgan fingerprint density at radius 1 is 1.22 bits per heavy atom. The summed E-state index contributed by atoms with van der Waals surface area (Å²) in [5.74, 6) is -0.282. The van der Waals surface area contributed by atoms with Gasteiger partial charge in [0.1, 0.15) is 6.26 Å². The molecule has 0 fully saturated rings. The summed E-state index contributed by atoms with van der Waals surface area (Å²) in [6.45, 7) is 1.12. The minimum absolute atomic E-state index is 0.0260. The second kappa shape index (κ2) is 7.59. The molecule has 1 aromatic carbocycles. The van der Waals surface area contributed by atoms with Gasteiger partial charge in [-0.2, -0.15) is 0 Å². The van der Waals surface area contributed by atoms with Gasteiger partial charge in [0.2, 0.25) is 5.91 Å². The fourth-order valence-electron chi connectivity index (χ4n) is 2.84. The number of carbonyl (C=O) groups excluding carboxylic acids is 2. The van der Waals surface area contributed by atoms with Crippen LogP contribution in [0.25, 0.3) is 6.08 Å². The Labute approximate surface area is 160 Å². The van der Waals surface area contributed by atoms with E-state index in [4.69, 9.17) is 4.42 Å². The van der Waals surface area contributed by atoms with Crippen molar-refractivity contribution in [2.24, 2.45) is 0 Å². The molecule has 0 radical (unpaired) electrons. The molecule has 0 bridgehead atoms. The van der Waals surface area contributed by atoms with Crippen LogP contribution in [0.4, 0.5) is 5.13 Å². The van der Waals surface area contributed by atoms with Gasteiger partial charge < -0.3 is 9.32 Å². The summed E-state index contributed by atoms with van der Waals surface area (Å²) in [7, 11) is 0. The minimum Gasteiger partial charge on any atom is -0.472 e. The summed E-state index contributed by atoms with van der Waals surface area (Å²) >= 11 is 1.40. The molecule has 0 saturated heterocycles. The van der Waals surface area contributed by atoms with E-state index in [1.54, 1.807) is 17.0 Å². The summed E-state index contributed by atoms with van der Waals surface area (Å²) in [6, 6.07) is 11.3. The average Bonchev–Trinajstić information content (AvgIpc) is 3.35. The quantitative estimate of drug-likeness (QED) is 0.703. The van der Waals surface area contributed by atoms with Crippen LogP contribution < -0.4 is 5.32 Å². The zero-order valence-corrected chi connectivity index (χ0v) is 15.2. The van der Waals surface area contributed by atoms with E-state index in [-0.39, 0.29) is 11.8 Å². The first kappa shape index (κ1) is 17.2. The van der Waals surface area contributed by atoms with Crippen molar-refractivity contribution in [1.82, 2.24) is 9.88 Å². The van der Waals surface area contributed by atoms with Crippen molar-refractivity contribution < 1.29 is 14.0 Å². The third-order valence-electron chi connectivity index (χ3n) is 4.26. The lowest BCUT2D eigenvalue weighted by molar-refractivity contribution is -0.126. The van der Waals surface area contributed by atoms with E-state index in [0.717, 1.165) is 16.1 Å². The van der Waals surface area contributed by atoms with Gasteiger partial charge in [0.25, 0.3) is 5.91 Å². The van der Waals surface area contributed by atoms with E-state index >= 15 is 0 Å².